The van der Waals surface area contributed by atoms with Crippen molar-refractivity contribution in [3.05, 3.63) is 23.4 Å². The van der Waals surface area contributed by atoms with Gasteiger partial charge in [-0.25, -0.2) is 4.98 Å². The van der Waals surface area contributed by atoms with Crippen LogP contribution < -0.4 is 5.73 Å². The zero-order chi connectivity index (χ0) is 11.1. The maximum absolute atomic E-state index is 5.82. The Labute approximate surface area is 92.9 Å². The average Bonchev–Trinajstić information content (AvgIpc) is 2.23. The number of hydrogen-bond acceptors (Lipinski definition) is 2. The van der Waals surface area contributed by atoms with Crippen molar-refractivity contribution in [1.29, 1.82) is 0 Å². The molecule has 0 spiro atoms. The number of rotatable bonds is 6. The third-order valence-electron chi connectivity index (χ3n) is 2.69. The second kappa shape index (κ2) is 6.44. The molecule has 1 aromatic heterocycles. The van der Waals surface area contributed by atoms with Gasteiger partial charge in [0.1, 0.15) is 5.82 Å². The van der Waals surface area contributed by atoms with Gasteiger partial charge in [0.2, 0.25) is 0 Å². The van der Waals surface area contributed by atoms with E-state index in [0.717, 1.165) is 6.42 Å². The molecule has 0 aromatic carbocycles. The first-order valence-electron chi connectivity index (χ1n) is 5.95. The summed E-state index contributed by atoms with van der Waals surface area (Å²) in [6.45, 7) is 4.30. The van der Waals surface area contributed by atoms with E-state index in [1.54, 1.807) is 0 Å². The quantitative estimate of drug-likeness (QED) is 0.724. The minimum absolute atomic E-state index is 0.705. The van der Waals surface area contributed by atoms with Crippen LogP contribution in [0.25, 0.3) is 0 Å². The van der Waals surface area contributed by atoms with Gasteiger partial charge in [-0.1, -0.05) is 38.7 Å². The molecular weight excluding hydrogens is 184 g/mol. The molecule has 0 aliphatic carbocycles. The van der Waals surface area contributed by atoms with Gasteiger partial charge < -0.3 is 5.73 Å². The van der Waals surface area contributed by atoms with Crippen LogP contribution in [0.2, 0.25) is 0 Å². The number of nitrogens with zero attached hydrogens (tertiary/aromatic N) is 1. The zero-order valence-corrected chi connectivity index (χ0v) is 9.92. The summed E-state index contributed by atoms with van der Waals surface area (Å²) < 4.78 is 0. The number of aryl methyl sites for hydroxylation is 2. The lowest BCUT2D eigenvalue weighted by molar-refractivity contribution is 0.632. The monoisotopic (exact) mass is 206 g/mol. The maximum atomic E-state index is 5.82. The van der Waals surface area contributed by atoms with E-state index in [9.17, 15) is 0 Å². The molecule has 0 radical (unpaired) electrons. The summed E-state index contributed by atoms with van der Waals surface area (Å²) in [5.41, 5.74) is 8.24. The van der Waals surface area contributed by atoms with E-state index in [-0.39, 0.29) is 0 Å². The molecule has 0 unspecified atom stereocenters. The van der Waals surface area contributed by atoms with Gasteiger partial charge in [-0.05, 0) is 30.9 Å². The SMILES string of the molecule is CCCCCCCc1cc(C)cnc1N. The molecule has 2 N–H and O–H groups in total. The van der Waals surface area contributed by atoms with E-state index in [4.69, 9.17) is 5.73 Å². The van der Waals surface area contributed by atoms with Gasteiger partial charge in [0.15, 0.2) is 0 Å². The molecule has 1 rings (SSSR count). The van der Waals surface area contributed by atoms with Crippen LogP contribution in [0.5, 0.6) is 0 Å². The Morgan fingerprint density at radius 1 is 1.20 bits per heavy atom. The molecule has 15 heavy (non-hydrogen) atoms. The topological polar surface area (TPSA) is 38.9 Å². The van der Waals surface area contributed by atoms with Gasteiger partial charge in [0.25, 0.3) is 0 Å². The second-order valence-corrected chi connectivity index (χ2v) is 4.22. The fourth-order valence-corrected chi connectivity index (χ4v) is 1.76. The van der Waals surface area contributed by atoms with Crippen molar-refractivity contribution >= 4 is 5.82 Å². The van der Waals surface area contributed by atoms with Gasteiger partial charge in [0, 0.05) is 6.20 Å². The summed E-state index contributed by atoms with van der Waals surface area (Å²) in [4.78, 5) is 4.17. The summed E-state index contributed by atoms with van der Waals surface area (Å²) in [6.07, 6.45) is 9.43. The first-order chi connectivity index (χ1) is 7.24. The minimum atomic E-state index is 0.705. The Morgan fingerprint density at radius 2 is 1.93 bits per heavy atom. The lowest BCUT2D eigenvalue weighted by atomic mass is 10.1. The van der Waals surface area contributed by atoms with E-state index in [0.29, 0.717) is 5.82 Å². The first-order valence-corrected chi connectivity index (χ1v) is 5.95. The minimum Gasteiger partial charge on any atom is -0.383 e. The lowest BCUT2D eigenvalue weighted by Gasteiger charge is -2.05. The summed E-state index contributed by atoms with van der Waals surface area (Å²) in [6, 6.07) is 2.15. The molecule has 1 heterocycles. The van der Waals surface area contributed by atoms with Crippen LogP contribution in [-0.4, -0.2) is 4.98 Å². The highest BCUT2D eigenvalue weighted by Crippen LogP contribution is 2.14. The lowest BCUT2D eigenvalue weighted by Crippen LogP contribution is -1.98. The Balaban J connectivity index is 2.33. The van der Waals surface area contributed by atoms with Crippen molar-refractivity contribution in [2.45, 2.75) is 52.4 Å². The van der Waals surface area contributed by atoms with Crippen LogP contribution >= 0.6 is 0 Å². The van der Waals surface area contributed by atoms with Crippen LogP contribution in [0.15, 0.2) is 12.3 Å². The van der Waals surface area contributed by atoms with Crippen LogP contribution in [0.1, 0.15) is 50.2 Å². The van der Waals surface area contributed by atoms with Crippen molar-refractivity contribution in [1.82, 2.24) is 4.98 Å². The second-order valence-electron chi connectivity index (χ2n) is 4.22. The highest BCUT2D eigenvalue weighted by atomic mass is 14.8. The number of pyridine rings is 1. The van der Waals surface area contributed by atoms with E-state index in [1.165, 1.54) is 43.2 Å². The van der Waals surface area contributed by atoms with Gasteiger partial charge in [-0.15, -0.1) is 0 Å². The third-order valence-corrected chi connectivity index (χ3v) is 2.69. The fraction of sp³-hybridized carbons (Fsp3) is 0.615. The van der Waals surface area contributed by atoms with Crippen LogP contribution in [0.3, 0.4) is 0 Å². The molecule has 2 nitrogen and oxygen atoms in total. The molecule has 0 aliphatic rings. The molecular formula is C13H22N2. The fourth-order valence-electron chi connectivity index (χ4n) is 1.76. The molecule has 0 aliphatic heterocycles. The number of nitrogens with two attached hydrogens (primary N) is 1. The highest BCUT2D eigenvalue weighted by Gasteiger charge is 2.00. The predicted molar refractivity (Wildman–Crippen MR) is 65.8 cm³/mol. The highest BCUT2D eigenvalue weighted by molar-refractivity contribution is 5.40. The van der Waals surface area contributed by atoms with E-state index in [1.807, 2.05) is 6.20 Å². The van der Waals surface area contributed by atoms with Crippen molar-refractivity contribution in [3.63, 3.8) is 0 Å². The number of anilines is 1. The Bertz CT molecular complexity index is 295. The number of aromatic nitrogens is 1. The van der Waals surface area contributed by atoms with Gasteiger partial charge in [-0.2, -0.15) is 0 Å². The van der Waals surface area contributed by atoms with E-state index >= 15 is 0 Å². The van der Waals surface area contributed by atoms with Crippen LogP contribution in [0, 0.1) is 6.92 Å². The molecule has 1 aromatic rings. The van der Waals surface area contributed by atoms with Crippen molar-refractivity contribution < 1.29 is 0 Å². The molecule has 0 atom stereocenters. The van der Waals surface area contributed by atoms with Crippen LogP contribution in [0.4, 0.5) is 5.82 Å². The van der Waals surface area contributed by atoms with Crippen molar-refractivity contribution in [2.24, 2.45) is 0 Å². The standard InChI is InChI=1S/C13H22N2/c1-3-4-5-6-7-8-12-9-11(2)10-15-13(12)14/h9-10H,3-8H2,1-2H3,(H2,14,15). The Kier molecular flexibility index (Phi) is 5.16. The van der Waals surface area contributed by atoms with Gasteiger partial charge in [-0.3, -0.25) is 0 Å². The molecule has 0 saturated heterocycles. The summed E-state index contributed by atoms with van der Waals surface area (Å²) in [5, 5.41) is 0. The largest absolute Gasteiger partial charge is 0.383 e. The Morgan fingerprint density at radius 3 is 2.67 bits per heavy atom. The smallest absolute Gasteiger partial charge is 0.126 e. The molecule has 84 valence electrons. The van der Waals surface area contributed by atoms with Crippen molar-refractivity contribution in [2.75, 3.05) is 5.73 Å². The van der Waals surface area contributed by atoms with Crippen molar-refractivity contribution in [3.8, 4) is 0 Å². The molecule has 0 saturated carbocycles. The molecule has 0 amide bonds. The normalized spacial score (nSPS) is 10.5. The molecule has 0 fully saturated rings. The zero-order valence-electron chi connectivity index (χ0n) is 9.92. The first kappa shape index (κ1) is 12.0. The number of unbranched alkanes of at least 4 members (excludes halogenated alkanes) is 4. The summed E-state index contributed by atoms with van der Waals surface area (Å²) in [7, 11) is 0. The van der Waals surface area contributed by atoms with Gasteiger partial charge in [0.05, 0.1) is 0 Å². The number of nitrogen functional groups attached to an aromatic ring is 1. The maximum Gasteiger partial charge on any atom is 0.126 e. The van der Waals surface area contributed by atoms with Gasteiger partial charge >= 0.3 is 0 Å². The average molecular weight is 206 g/mol. The Hall–Kier alpha value is -1.05. The summed E-state index contributed by atoms with van der Waals surface area (Å²) >= 11 is 0. The van der Waals surface area contributed by atoms with E-state index in [2.05, 4.69) is 24.9 Å². The third kappa shape index (κ3) is 4.32. The van der Waals surface area contributed by atoms with Crippen LogP contribution in [-0.2, 0) is 6.42 Å². The number of hydrogen-bond donors (Lipinski definition) is 1. The predicted octanol–water partition coefficient (Wildman–Crippen LogP) is 3.49. The molecule has 0 bridgehead atoms. The molecule has 2 heteroatoms. The summed E-state index contributed by atoms with van der Waals surface area (Å²) in [5.74, 6) is 0.705. The van der Waals surface area contributed by atoms with E-state index < -0.39 is 0 Å².